The topological polar surface area (TPSA) is 83.5 Å². The number of hydrogen-bond donors (Lipinski definition) is 0. The van der Waals surface area contributed by atoms with E-state index in [4.69, 9.17) is 0 Å². The molecule has 1 aromatic heterocycles. The zero-order valence-corrected chi connectivity index (χ0v) is 15.0. The van der Waals surface area contributed by atoms with E-state index in [-0.39, 0.29) is 16.7 Å². The van der Waals surface area contributed by atoms with Crippen LogP contribution in [0.5, 0.6) is 0 Å². The molecule has 3 rings (SSSR count). The zero-order chi connectivity index (χ0) is 17.3. The van der Waals surface area contributed by atoms with Crippen LogP contribution in [0.3, 0.4) is 0 Å². The second-order valence-corrected chi connectivity index (χ2v) is 8.68. The molecule has 8 heteroatoms. The Hall–Kier alpha value is -1.70. The average Bonchev–Trinajstić information content (AvgIpc) is 3.07. The second kappa shape index (κ2) is 6.66. The van der Waals surface area contributed by atoms with Crippen molar-refractivity contribution in [2.45, 2.75) is 37.5 Å². The van der Waals surface area contributed by atoms with Crippen molar-refractivity contribution < 1.29 is 13.2 Å². The molecule has 0 aliphatic carbocycles. The van der Waals surface area contributed by atoms with Gasteiger partial charge in [-0.1, -0.05) is 0 Å². The minimum atomic E-state index is -3.41. The van der Waals surface area contributed by atoms with Crippen LogP contribution in [0.25, 0.3) is 0 Å². The van der Waals surface area contributed by atoms with E-state index in [2.05, 4.69) is 9.97 Å². The molecular weight excluding hydrogens is 328 g/mol. The molecule has 1 amide bonds. The van der Waals surface area contributed by atoms with E-state index in [1.165, 1.54) is 12.5 Å². The Morgan fingerprint density at radius 1 is 1.21 bits per heavy atom. The van der Waals surface area contributed by atoms with Crippen LogP contribution in [0.4, 0.5) is 5.82 Å². The molecule has 132 valence electrons. The minimum Gasteiger partial charge on any atom is -0.355 e. The largest absolute Gasteiger partial charge is 0.355 e. The normalized spacial score (nSPS) is 22.0. The van der Waals surface area contributed by atoms with Gasteiger partial charge in [0.1, 0.15) is 10.7 Å². The van der Waals surface area contributed by atoms with Gasteiger partial charge in [0.25, 0.3) is 0 Å². The van der Waals surface area contributed by atoms with Gasteiger partial charge in [-0.25, -0.2) is 18.4 Å². The summed E-state index contributed by atoms with van der Waals surface area (Å²) in [6.07, 6.45) is 6.40. The highest BCUT2D eigenvalue weighted by Crippen LogP contribution is 2.28. The summed E-state index contributed by atoms with van der Waals surface area (Å²) in [5, 5.41) is 0. The Kier molecular flexibility index (Phi) is 4.76. The highest BCUT2D eigenvalue weighted by Gasteiger charge is 2.32. The maximum Gasteiger partial charge on any atom is 0.227 e. The number of carbonyl (C=O) groups excluding carboxylic acids is 1. The predicted octanol–water partition coefficient (Wildman–Crippen LogP) is 1.03. The number of rotatable bonds is 3. The lowest BCUT2D eigenvalue weighted by atomic mass is 9.96. The van der Waals surface area contributed by atoms with Crippen LogP contribution in [0.2, 0.25) is 0 Å². The van der Waals surface area contributed by atoms with E-state index >= 15 is 0 Å². The lowest BCUT2D eigenvalue weighted by Gasteiger charge is -2.35. The molecule has 0 bridgehead atoms. The molecule has 1 atom stereocenters. The zero-order valence-electron chi connectivity index (χ0n) is 14.2. The molecule has 0 radical (unpaired) electrons. The van der Waals surface area contributed by atoms with Gasteiger partial charge in [0.15, 0.2) is 15.7 Å². The van der Waals surface area contributed by atoms with Gasteiger partial charge in [0.2, 0.25) is 5.91 Å². The molecule has 7 nitrogen and oxygen atoms in total. The number of likely N-dealkylation sites (tertiary alicyclic amines) is 1. The van der Waals surface area contributed by atoms with Crippen molar-refractivity contribution in [2.24, 2.45) is 5.92 Å². The number of piperidine rings is 1. The first-order valence-corrected chi connectivity index (χ1v) is 10.3. The number of nitrogens with zero attached hydrogens (tertiary/aromatic N) is 4. The van der Waals surface area contributed by atoms with Gasteiger partial charge >= 0.3 is 0 Å². The monoisotopic (exact) mass is 352 g/mol. The Bertz CT molecular complexity index is 729. The van der Waals surface area contributed by atoms with Gasteiger partial charge in [-0.3, -0.25) is 4.79 Å². The summed E-state index contributed by atoms with van der Waals surface area (Å²) < 4.78 is 24.1. The van der Waals surface area contributed by atoms with E-state index in [0.29, 0.717) is 24.7 Å². The van der Waals surface area contributed by atoms with E-state index in [0.717, 1.165) is 38.8 Å². The molecule has 0 spiro atoms. The van der Waals surface area contributed by atoms with Crippen LogP contribution >= 0.6 is 0 Å². The third kappa shape index (κ3) is 3.53. The van der Waals surface area contributed by atoms with E-state index in [1.54, 1.807) is 6.92 Å². The molecule has 0 aromatic carbocycles. The fourth-order valence-electron chi connectivity index (χ4n) is 3.50. The first-order chi connectivity index (χ1) is 11.4. The van der Waals surface area contributed by atoms with E-state index in [1.807, 2.05) is 9.80 Å². The van der Waals surface area contributed by atoms with Crippen LogP contribution in [0.15, 0.2) is 11.1 Å². The number of aromatic nitrogens is 2. The molecule has 3 heterocycles. The van der Waals surface area contributed by atoms with Crippen molar-refractivity contribution in [3.05, 3.63) is 12.0 Å². The number of anilines is 1. The summed E-state index contributed by atoms with van der Waals surface area (Å²) in [4.78, 5) is 25.1. The average molecular weight is 352 g/mol. The molecule has 2 fully saturated rings. The first kappa shape index (κ1) is 17.1. The van der Waals surface area contributed by atoms with Gasteiger partial charge in [-0.2, -0.15) is 0 Å². The van der Waals surface area contributed by atoms with Gasteiger partial charge in [-0.05, 0) is 32.6 Å². The highest BCUT2D eigenvalue weighted by atomic mass is 32.2. The fraction of sp³-hybridized carbons (Fsp3) is 0.688. The second-order valence-electron chi connectivity index (χ2n) is 6.69. The Morgan fingerprint density at radius 2 is 1.92 bits per heavy atom. The first-order valence-electron chi connectivity index (χ1n) is 8.43. The minimum absolute atomic E-state index is 0.0838. The van der Waals surface area contributed by atoms with Crippen LogP contribution in [0, 0.1) is 12.8 Å². The summed E-state index contributed by atoms with van der Waals surface area (Å²) in [7, 11) is -3.41. The predicted molar refractivity (Wildman–Crippen MR) is 90.6 cm³/mol. The molecule has 0 N–H and O–H groups in total. The van der Waals surface area contributed by atoms with Crippen LogP contribution in [-0.2, 0) is 14.6 Å². The maximum absolute atomic E-state index is 12.7. The number of aryl methyl sites for hydroxylation is 1. The molecule has 2 aliphatic rings. The number of sulfone groups is 1. The van der Waals surface area contributed by atoms with E-state index < -0.39 is 9.84 Å². The highest BCUT2D eigenvalue weighted by molar-refractivity contribution is 7.90. The molecule has 2 saturated heterocycles. The van der Waals surface area contributed by atoms with E-state index in [9.17, 15) is 13.2 Å². The van der Waals surface area contributed by atoms with Crippen molar-refractivity contribution >= 4 is 21.6 Å². The summed E-state index contributed by atoms with van der Waals surface area (Å²) in [5.74, 6) is 1.08. The van der Waals surface area contributed by atoms with Crippen LogP contribution < -0.4 is 4.90 Å². The molecule has 0 saturated carbocycles. The Balaban J connectivity index is 1.85. The lowest BCUT2D eigenvalue weighted by Crippen LogP contribution is -2.44. The van der Waals surface area contributed by atoms with Crippen molar-refractivity contribution in [3.8, 4) is 0 Å². The number of amides is 1. The van der Waals surface area contributed by atoms with Crippen LogP contribution in [0.1, 0.15) is 31.5 Å². The molecule has 24 heavy (non-hydrogen) atoms. The summed E-state index contributed by atoms with van der Waals surface area (Å²) in [5.41, 5.74) is 0. The molecule has 1 aromatic rings. The third-order valence-electron chi connectivity index (χ3n) is 4.74. The smallest absolute Gasteiger partial charge is 0.227 e. The Morgan fingerprint density at radius 3 is 2.58 bits per heavy atom. The summed E-state index contributed by atoms with van der Waals surface area (Å²) in [6, 6.07) is 0. The lowest BCUT2D eigenvalue weighted by molar-refractivity contribution is -0.134. The van der Waals surface area contributed by atoms with Crippen LogP contribution in [-0.4, -0.2) is 61.6 Å². The third-order valence-corrected chi connectivity index (χ3v) is 5.83. The van der Waals surface area contributed by atoms with Crippen molar-refractivity contribution in [2.75, 3.05) is 37.3 Å². The molecular formula is C16H24N4O3S. The van der Waals surface area contributed by atoms with Crippen molar-refractivity contribution in [1.82, 2.24) is 14.9 Å². The molecule has 1 unspecified atom stereocenters. The summed E-state index contributed by atoms with van der Waals surface area (Å²) >= 11 is 0. The number of hydrogen-bond acceptors (Lipinski definition) is 6. The SMILES string of the molecule is Cc1ncc(S(C)(=O)=O)c(N2CCCC(C(=O)N3CCCC3)C2)n1. The maximum atomic E-state index is 12.7. The van der Waals surface area contributed by atoms with Gasteiger partial charge in [0.05, 0.1) is 12.1 Å². The Labute approximate surface area is 143 Å². The van der Waals surface area contributed by atoms with Gasteiger partial charge in [-0.15, -0.1) is 0 Å². The number of carbonyl (C=O) groups is 1. The summed E-state index contributed by atoms with van der Waals surface area (Å²) in [6.45, 7) is 4.66. The van der Waals surface area contributed by atoms with Crippen molar-refractivity contribution in [1.29, 1.82) is 0 Å². The van der Waals surface area contributed by atoms with Crippen molar-refractivity contribution in [3.63, 3.8) is 0 Å². The standard InChI is InChI=1S/C16H24N4O3S/c1-12-17-10-14(24(2,22)23)15(18-12)20-9-5-6-13(11-20)16(21)19-7-3-4-8-19/h10,13H,3-9,11H2,1-2H3. The van der Waals surface area contributed by atoms with Gasteiger partial charge < -0.3 is 9.80 Å². The quantitative estimate of drug-likeness (QED) is 0.808. The van der Waals surface area contributed by atoms with Gasteiger partial charge in [0, 0.05) is 32.4 Å². The fourth-order valence-corrected chi connectivity index (χ4v) is 4.25. The molecule has 2 aliphatic heterocycles.